The van der Waals surface area contributed by atoms with E-state index in [1.54, 1.807) is 20.8 Å². The second kappa shape index (κ2) is 15.0. The van der Waals surface area contributed by atoms with E-state index in [0.717, 1.165) is 42.4 Å². The van der Waals surface area contributed by atoms with Crippen molar-refractivity contribution in [3.8, 4) is 11.8 Å². The summed E-state index contributed by atoms with van der Waals surface area (Å²) < 4.78 is 15.5. The molecular weight excluding hydrogens is 508 g/mol. The van der Waals surface area contributed by atoms with Crippen molar-refractivity contribution in [1.82, 2.24) is 10.6 Å². The van der Waals surface area contributed by atoms with Crippen LogP contribution in [0.15, 0.2) is 42.5 Å². The van der Waals surface area contributed by atoms with Crippen LogP contribution < -0.4 is 10.6 Å². The number of amides is 2. The van der Waals surface area contributed by atoms with Gasteiger partial charge in [0, 0.05) is 18.5 Å². The topological polar surface area (TPSA) is 103 Å². The van der Waals surface area contributed by atoms with E-state index in [2.05, 4.69) is 28.5 Å². The first-order valence-electron chi connectivity index (χ1n) is 13.8. The highest BCUT2D eigenvalue weighted by molar-refractivity contribution is 5.81. The normalized spacial score (nSPS) is 13.1. The van der Waals surface area contributed by atoms with Gasteiger partial charge in [0.2, 0.25) is 0 Å². The minimum atomic E-state index is -0.801. The molecule has 0 unspecified atom stereocenters. The fraction of sp³-hybridized carbons (Fsp3) is 0.469. The summed E-state index contributed by atoms with van der Waals surface area (Å²) in [6.45, 7) is 5.95. The van der Waals surface area contributed by atoms with E-state index in [9.17, 15) is 14.4 Å². The van der Waals surface area contributed by atoms with E-state index in [1.807, 2.05) is 36.4 Å². The Morgan fingerprint density at radius 1 is 0.975 bits per heavy atom. The molecule has 2 N–H and O–H groups in total. The van der Waals surface area contributed by atoms with Crippen molar-refractivity contribution in [2.24, 2.45) is 0 Å². The van der Waals surface area contributed by atoms with Gasteiger partial charge in [0.15, 0.2) is 0 Å². The third-order valence-electron chi connectivity index (χ3n) is 6.47. The van der Waals surface area contributed by atoms with E-state index >= 15 is 0 Å². The highest BCUT2D eigenvalue weighted by Gasteiger charge is 2.26. The summed E-state index contributed by atoms with van der Waals surface area (Å²) in [6, 6.07) is 12.8. The van der Waals surface area contributed by atoms with Crippen molar-refractivity contribution in [3.05, 3.63) is 70.3 Å². The third-order valence-corrected chi connectivity index (χ3v) is 6.47. The second-order valence-electron chi connectivity index (χ2n) is 10.7. The molecule has 1 aliphatic carbocycles. The summed E-state index contributed by atoms with van der Waals surface area (Å²) in [4.78, 5) is 36.5. The number of benzene rings is 2. The van der Waals surface area contributed by atoms with Crippen molar-refractivity contribution in [2.75, 3.05) is 13.7 Å². The number of carbonyl (C=O) groups excluding carboxylic acids is 3. The monoisotopic (exact) mass is 548 g/mol. The van der Waals surface area contributed by atoms with Gasteiger partial charge in [-0.1, -0.05) is 48.2 Å². The summed E-state index contributed by atoms with van der Waals surface area (Å²) in [5.74, 6) is 5.95. The Labute approximate surface area is 237 Å². The average molecular weight is 549 g/mol. The van der Waals surface area contributed by atoms with Crippen molar-refractivity contribution >= 4 is 18.2 Å². The predicted octanol–water partition coefficient (Wildman–Crippen LogP) is 5.23. The van der Waals surface area contributed by atoms with Gasteiger partial charge >= 0.3 is 18.2 Å². The molecule has 2 amide bonds. The van der Waals surface area contributed by atoms with E-state index < -0.39 is 29.8 Å². The first-order chi connectivity index (χ1) is 19.2. The van der Waals surface area contributed by atoms with Gasteiger partial charge in [-0.3, -0.25) is 0 Å². The van der Waals surface area contributed by atoms with Gasteiger partial charge in [-0.15, -0.1) is 0 Å². The highest BCUT2D eigenvalue weighted by Crippen LogP contribution is 2.28. The summed E-state index contributed by atoms with van der Waals surface area (Å²) in [5, 5.41) is 5.39. The maximum absolute atomic E-state index is 12.3. The molecule has 0 aliphatic heterocycles. The van der Waals surface area contributed by atoms with Crippen LogP contribution in [0.25, 0.3) is 0 Å². The number of hydrogen-bond donors (Lipinski definition) is 2. The molecule has 0 saturated carbocycles. The number of carbonyl (C=O) groups is 3. The molecule has 1 atom stereocenters. The van der Waals surface area contributed by atoms with Crippen LogP contribution in [0, 0.1) is 11.8 Å². The Morgan fingerprint density at radius 3 is 2.40 bits per heavy atom. The molecular formula is C32H40N2O6. The van der Waals surface area contributed by atoms with Crippen LogP contribution in [0.2, 0.25) is 0 Å². The molecule has 0 heterocycles. The molecule has 0 radical (unpaired) electrons. The SMILES string of the molecule is COC(=O)[C@H](CCc1ccc(C#CCCNC(=O)OCc2ccccc2)c2c1CCCC2)NC(=O)OC(C)(C)C. The van der Waals surface area contributed by atoms with Gasteiger partial charge in [-0.05, 0) is 87.6 Å². The lowest BCUT2D eigenvalue weighted by molar-refractivity contribution is -0.143. The minimum Gasteiger partial charge on any atom is -0.467 e. The van der Waals surface area contributed by atoms with E-state index in [1.165, 1.54) is 18.2 Å². The van der Waals surface area contributed by atoms with Crippen LogP contribution in [0.5, 0.6) is 0 Å². The number of ether oxygens (including phenoxy) is 3. The predicted molar refractivity (Wildman–Crippen MR) is 153 cm³/mol. The standard InChI is InChI=1S/C32H40N2O6/c1-32(2,3)40-31(37)34-28(29(35)38-4)20-19-25-18-17-24(26-15-8-9-16-27(25)26)14-10-11-21-33-30(36)39-22-23-12-6-5-7-13-23/h5-7,12-13,17-18,28H,8-9,11,15-16,19-22H2,1-4H3,(H,33,36)(H,34,37)/t28-/m0/s1. The van der Waals surface area contributed by atoms with Gasteiger partial charge in [-0.25, -0.2) is 14.4 Å². The van der Waals surface area contributed by atoms with Crippen molar-refractivity contribution in [2.45, 2.75) is 84.0 Å². The van der Waals surface area contributed by atoms with E-state index in [0.29, 0.717) is 25.8 Å². The average Bonchev–Trinajstić information content (AvgIpc) is 2.93. The van der Waals surface area contributed by atoms with Crippen molar-refractivity contribution < 1.29 is 28.6 Å². The molecule has 0 bridgehead atoms. The number of fused-ring (bicyclic) bond motifs is 1. The lowest BCUT2D eigenvalue weighted by Gasteiger charge is -2.24. The minimum absolute atomic E-state index is 0.230. The highest BCUT2D eigenvalue weighted by atomic mass is 16.6. The van der Waals surface area contributed by atoms with Crippen LogP contribution in [-0.2, 0) is 44.9 Å². The number of aryl methyl sites for hydroxylation is 1. The number of nitrogens with one attached hydrogen (secondary N) is 2. The lowest BCUT2D eigenvalue weighted by atomic mass is 9.83. The molecule has 0 saturated heterocycles. The molecule has 2 aromatic rings. The Balaban J connectivity index is 1.57. The quantitative estimate of drug-likeness (QED) is 0.193. The fourth-order valence-corrected chi connectivity index (χ4v) is 4.59. The molecule has 0 spiro atoms. The Kier molecular flexibility index (Phi) is 11.4. The van der Waals surface area contributed by atoms with Crippen LogP contribution in [0.3, 0.4) is 0 Å². The zero-order chi connectivity index (χ0) is 29.0. The summed E-state index contributed by atoms with van der Waals surface area (Å²) in [6.07, 6.45) is 4.52. The molecule has 8 heteroatoms. The smallest absolute Gasteiger partial charge is 0.408 e. The van der Waals surface area contributed by atoms with Crippen LogP contribution >= 0.6 is 0 Å². The molecule has 214 valence electrons. The van der Waals surface area contributed by atoms with Gasteiger partial charge in [0.1, 0.15) is 18.2 Å². The van der Waals surface area contributed by atoms with Crippen molar-refractivity contribution in [3.63, 3.8) is 0 Å². The van der Waals surface area contributed by atoms with Gasteiger partial charge < -0.3 is 24.8 Å². The number of hydrogen-bond acceptors (Lipinski definition) is 6. The van der Waals surface area contributed by atoms with E-state index in [-0.39, 0.29) is 6.61 Å². The van der Waals surface area contributed by atoms with Crippen molar-refractivity contribution in [1.29, 1.82) is 0 Å². The number of esters is 1. The van der Waals surface area contributed by atoms with Crippen LogP contribution in [0.1, 0.15) is 74.3 Å². The van der Waals surface area contributed by atoms with Crippen LogP contribution in [-0.4, -0.2) is 43.5 Å². The summed E-state index contributed by atoms with van der Waals surface area (Å²) in [7, 11) is 1.31. The molecule has 0 fully saturated rings. The maximum Gasteiger partial charge on any atom is 0.408 e. The molecule has 3 rings (SSSR count). The summed E-state index contributed by atoms with van der Waals surface area (Å²) >= 11 is 0. The second-order valence-corrected chi connectivity index (χ2v) is 10.7. The first kappa shape index (κ1) is 30.6. The zero-order valence-electron chi connectivity index (χ0n) is 23.9. The van der Waals surface area contributed by atoms with Crippen LogP contribution in [0.4, 0.5) is 9.59 Å². The molecule has 0 aromatic heterocycles. The molecule has 2 aromatic carbocycles. The van der Waals surface area contributed by atoms with E-state index in [4.69, 9.17) is 14.2 Å². The number of rotatable bonds is 9. The first-order valence-corrected chi connectivity index (χ1v) is 13.8. The summed E-state index contributed by atoms with van der Waals surface area (Å²) in [5.41, 5.74) is 4.96. The largest absolute Gasteiger partial charge is 0.467 e. The Morgan fingerprint density at radius 2 is 1.70 bits per heavy atom. The Hall–Kier alpha value is -3.99. The molecule has 40 heavy (non-hydrogen) atoms. The molecule has 1 aliphatic rings. The van der Waals surface area contributed by atoms with Gasteiger partial charge in [-0.2, -0.15) is 0 Å². The fourth-order valence-electron chi connectivity index (χ4n) is 4.59. The Bertz CT molecular complexity index is 1220. The maximum atomic E-state index is 12.3. The number of methoxy groups -OCH3 is 1. The van der Waals surface area contributed by atoms with Gasteiger partial charge in [0.25, 0.3) is 0 Å². The molecule has 8 nitrogen and oxygen atoms in total. The zero-order valence-corrected chi connectivity index (χ0v) is 23.9. The lowest BCUT2D eigenvalue weighted by Crippen LogP contribution is -2.44. The van der Waals surface area contributed by atoms with Gasteiger partial charge in [0.05, 0.1) is 7.11 Å². The number of alkyl carbamates (subject to hydrolysis) is 2. The third kappa shape index (κ3) is 9.96.